The lowest BCUT2D eigenvalue weighted by Gasteiger charge is -2.13. The van der Waals surface area contributed by atoms with Crippen LogP contribution < -0.4 is 16.0 Å². The van der Waals surface area contributed by atoms with Crippen LogP contribution in [0.15, 0.2) is 33.9 Å². The van der Waals surface area contributed by atoms with Gasteiger partial charge in [-0.15, -0.1) is 0 Å². The van der Waals surface area contributed by atoms with Crippen molar-refractivity contribution in [3.8, 4) is 11.4 Å². The minimum absolute atomic E-state index is 0.242. The van der Waals surface area contributed by atoms with Crippen LogP contribution in [0.3, 0.4) is 0 Å². The third kappa shape index (κ3) is 2.64. The summed E-state index contributed by atoms with van der Waals surface area (Å²) in [5.41, 5.74) is 2.03. The summed E-state index contributed by atoms with van der Waals surface area (Å²) < 4.78 is 16.3. The van der Waals surface area contributed by atoms with Crippen LogP contribution in [0.1, 0.15) is 11.4 Å². The van der Waals surface area contributed by atoms with Crippen molar-refractivity contribution in [3.63, 3.8) is 0 Å². The zero-order valence-electron chi connectivity index (χ0n) is 17.3. The predicted octanol–water partition coefficient (Wildman–Crippen LogP) is 0.844. The van der Waals surface area contributed by atoms with Crippen LogP contribution in [0.25, 0.3) is 22.6 Å². The van der Waals surface area contributed by atoms with E-state index < -0.39 is 17.2 Å². The highest BCUT2D eigenvalue weighted by Gasteiger charge is 2.23. The maximum absolute atomic E-state index is 12.9. The Morgan fingerprint density at radius 2 is 1.77 bits per heavy atom. The summed E-state index contributed by atoms with van der Waals surface area (Å²) in [5, 5.41) is 0. The Bertz CT molecular complexity index is 1440. The maximum Gasteiger partial charge on any atom is 0.343 e. The summed E-state index contributed by atoms with van der Waals surface area (Å²) in [6.07, 6.45) is 0. The van der Waals surface area contributed by atoms with Gasteiger partial charge >= 0.3 is 11.7 Å². The molecule has 1 aromatic carbocycles. The molecule has 0 aliphatic carbocycles. The molecule has 30 heavy (non-hydrogen) atoms. The topological polar surface area (TPSA) is 102 Å². The van der Waals surface area contributed by atoms with Crippen LogP contribution in [0, 0.1) is 13.8 Å². The van der Waals surface area contributed by atoms with E-state index in [0.29, 0.717) is 28.4 Å². The number of fused-ring (bicyclic) bond motifs is 3. The smallest absolute Gasteiger partial charge is 0.343 e. The van der Waals surface area contributed by atoms with Crippen LogP contribution >= 0.6 is 0 Å². The van der Waals surface area contributed by atoms with Crippen LogP contribution in [-0.4, -0.2) is 42.8 Å². The van der Waals surface area contributed by atoms with Gasteiger partial charge in [0, 0.05) is 25.5 Å². The van der Waals surface area contributed by atoms with Gasteiger partial charge in [-0.3, -0.25) is 22.9 Å². The zero-order valence-corrected chi connectivity index (χ0v) is 17.3. The second-order valence-corrected chi connectivity index (χ2v) is 6.96. The van der Waals surface area contributed by atoms with E-state index in [0.717, 1.165) is 16.0 Å². The molecule has 0 atom stereocenters. The first kappa shape index (κ1) is 19.5. The lowest BCUT2D eigenvalue weighted by molar-refractivity contribution is -0.142. The number of hydrogen-bond donors (Lipinski definition) is 0. The first-order chi connectivity index (χ1) is 14.3. The van der Waals surface area contributed by atoms with Gasteiger partial charge in [-0.05, 0) is 26.0 Å². The molecule has 3 aromatic heterocycles. The van der Waals surface area contributed by atoms with Gasteiger partial charge in [-0.25, -0.2) is 9.59 Å². The third-order valence-electron chi connectivity index (χ3n) is 5.31. The quantitative estimate of drug-likeness (QED) is 0.461. The molecule has 0 bridgehead atoms. The Morgan fingerprint density at radius 1 is 1.07 bits per heavy atom. The third-order valence-corrected chi connectivity index (χ3v) is 5.31. The monoisotopic (exact) mass is 411 g/mol. The average molecular weight is 411 g/mol. The second-order valence-electron chi connectivity index (χ2n) is 6.96. The number of imidazole rings is 2. The van der Waals surface area contributed by atoms with Crippen molar-refractivity contribution in [2.75, 3.05) is 13.7 Å². The minimum atomic E-state index is -0.500. The Labute approximate surface area is 170 Å². The molecule has 4 rings (SSSR count). The first-order valence-corrected chi connectivity index (χ1v) is 9.23. The molecule has 4 aromatic rings. The molecule has 0 aliphatic heterocycles. The number of benzene rings is 1. The number of hydrogen-bond acceptors (Lipinski definition) is 6. The normalized spacial score (nSPS) is 11.4. The van der Waals surface area contributed by atoms with Gasteiger partial charge in [0.1, 0.15) is 5.75 Å². The van der Waals surface area contributed by atoms with E-state index in [2.05, 4.69) is 9.72 Å². The van der Waals surface area contributed by atoms with Crippen molar-refractivity contribution >= 4 is 22.9 Å². The number of esters is 1. The van der Waals surface area contributed by atoms with Crippen molar-refractivity contribution in [2.45, 2.75) is 13.8 Å². The molecule has 0 radical (unpaired) electrons. The van der Waals surface area contributed by atoms with E-state index in [9.17, 15) is 14.4 Å². The lowest BCUT2D eigenvalue weighted by Crippen LogP contribution is -2.37. The van der Waals surface area contributed by atoms with E-state index in [1.807, 2.05) is 30.5 Å². The predicted molar refractivity (Wildman–Crippen MR) is 109 cm³/mol. The van der Waals surface area contributed by atoms with Gasteiger partial charge in [0.15, 0.2) is 17.8 Å². The van der Waals surface area contributed by atoms with Crippen molar-refractivity contribution < 1.29 is 14.3 Å². The standard InChI is InChI=1S/C20H21N5O5/c1-11-12(2)25-16-17(22(3)20(28)23(4)18(16)27)21-19(25)24(11)13-8-6-7-9-14(13)30-10-15(26)29-5/h6-9H,10H2,1-5H3. The molecule has 0 fully saturated rings. The molecule has 0 saturated heterocycles. The van der Waals surface area contributed by atoms with E-state index in [1.165, 1.54) is 18.7 Å². The SMILES string of the molecule is COC(=O)COc1ccccc1-n1c(C)c(C)n2c3c(=O)n(C)c(=O)n(C)c3nc12. The number of carbonyl (C=O) groups excluding carboxylic acids is 1. The summed E-state index contributed by atoms with van der Waals surface area (Å²) in [6.45, 7) is 3.54. The van der Waals surface area contributed by atoms with E-state index in [1.54, 1.807) is 23.6 Å². The molecule has 0 N–H and O–H groups in total. The fourth-order valence-corrected chi connectivity index (χ4v) is 3.57. The molecule has 0 unspecified atom stereocenters. The molecule has 0 saturated carbocycles. The fourth-order valence-electron chi connectivity index (χ4n) is 3.57. The highest BCUT2D eigenvalue weighted by molar-refractivity contribution is 5.77. The second kappa shape index (κ2) is 6.90. The zero-order chi connectivity index (χ0) is 21.7. The highest BCUT2D eigenvalue weighted by atomic mass is 16.6. The van der Waals surface area contributed by atoms with E-state index in [-0.39, 0.29) is 6.61 Å². The largest absolute Gasteiger partial charge is 0.480 e. The molecule has 10 nitrogen and oxygen atoms in total. The number of rotatable bonds is 4. The number of para-hydroxylation sites is 2. The molecule has 3 heterocycles. The Kier molecular flexibility index (Phi) is 4.49. The van der Waals surface area contributed by atoms with Gasteiger partial charge in [-0.1, -0.05) is 12.1 Å². The number of ether oxygens (including phenoxy) is 2. The van der Waals surface area contributed by atoms with Crippen LogP contribution in [-0.2, 0) is 23.6 Å². The van der Waals surface area contributed by atoms with Crippen LogP contribution in [0.5, 0.6) is 5.75 Å². The fraction of sp³-hybridized carbons (Fsp3) is 0.300. The van der Waals surface area contributed by atoms with Gasteiger partial charge in [-0.2, -0.15) is 4.98 Å². The van der Waals surface area contributed by atoms with Crippen LogP contribution in [0.4, 0.5) is 0 Å². The number of methoxy groups -OCH3 is 1. The van der Waals surface area contributed by atoms with Crippen molar-refractivity contribution in [1.82, 2.24) is 23.1 Å². The number of aromatic nitrogens is 5. The Hall–Kier alpha value is -3.82. The molecular formula is C20H21N5O5. The van der Waals surface area contributed by atoms with E-state index >= 15 is 0 Å². The Morgan fingerprint density at radius 3 is 2.47 bits per heavy atom. The van der Waals surface area contributed by atoms with Gasteiger partial charge in [0.05, 0.1) is 12.8 Å². The minimum Gasteiger partial charge on any atom is -0.480 e. The molecule has 0 aliphatic rings. The molecule has 156 valence electrons. The number of carbonyl (C=O) groups is 1. The average Bonchev–Trinajstić information content (AvgIpc) is 3.24. The summed E-state index contributed by atoms with van der Waals surface area (Å²) in [4.78, 5) is 41.4. The van der Waals surface area contributed by atoms with E-state index in [4.69, 9.17) is 4.74 Å². The molecule has 0 spiro atoms. The maximum atomic E-state index is 12.9. The van der Waals surface area contributed by atoms with Crippen molar-refractivity contribution in [1.29, 1.82) is 0 Å². The lowest BCUT2D eigenvalue weighted by atomic mass is 10.2. The molecular weight excluding hydrogens is 390 g/mol. The van der Waals surface area contributed by atoms with Crippen molar-refractivity contribution in [3.05, 3.63) is 56.5 Å². The summed E-state index contributed by atoms with van der Waals surface area (Å²) in [7, 11) is 4.32. The van der Waals surface area contributed by atoms with Crippen LogP contribution in [0.2, 0.25) is 0 Å². The van der Waals surface area contributed by atoms with Crippen molar-refractivity contribution in [2.24, 2.45) is 14.1 Å². The van der Waals surface area contributed by atoms with Gasteiger partial charge in [0.2, 0.25) is 5.78 Å². The molecule has 0 amide bonds. The number of nitrogens with zero attached hydrogens (tertiary/aromatic N) is 5. The Balaban J connectivity index is 2.05. The molecule has 10 heteroatoms. The summed E-state index contributed by atoms with van der Waals surface area (Å²) in [6, 6.07) is 7.19. The highest BCUT2D eigenvalue weighted by Crippen LogP contribution is 2.29. The van der Waals surface area contributed by atoms with Gasteiger partial charge < -0.3 is 9.47 Å². The van der Waals surface area contributed by atoms with Gasteiger partial charge in [0.25, 0.3) is 5.56 Å². The first-order valence-electron chi connectivity index (χ1n) is 9.23. The number of aryl methyl sites for hydroxylation is 2. The summed E-state index contributed by atoms with van der Waals surface area (Å²) >= 11 is 0. The summed E-state index contributed by atoms with van der Waals surface area (Å²) in [5.74, 6) is 0.421.